The molecule has 3 nitrogen and oxygen atoms in total. The van der Waals surface area contributed by atoms with E-state index in [4.69, 9.17) is 0 Å². The molecule has 3 rings (SSSR count). The summed E-state index contributed by atoms with van der Waals surface area (Å²) in [6, 6.07) is 8.99. The molecule has 35 heavy (non-hydrogen) atoms. The predicted molar refractivity (Wildman–Crippen MR) is 150 cm³/mol. The van der Waals surface area contributed by atoms with Crippen molar-refractivity contribution in [2.24, 2.45) is 16.8 Å². The average molecular weight is 470 g/mol. The summed E-state index contributed by atoms with van der Waals surface area (Å²) < 4.78 is 0. The molecule has 0 amide bonds. The Hall–Kier alpha value is -2.70. The van der Waals surface area contributed by atoms with Gasteiger partial charge in [-0.3, -0.25) is 4.99 Å². The number of rotatable bonds is 12. The highest BCUT2D eigenvalue weighted by atomic mass is 15.0. The van der Waals surface area contributed by atoms with Crippen molar-refractivity contribution >= 4 is 5.71 Å². The van der Waals surface area contributed by atoms with Gasteiger partial charge in [0.25, 0.3) is 0 Å². The second kappa shape index (κ2) is 11.8. The highest BCUT2D eigenvalue weighted by Crippen LogP contribution is 2.44. The van der Waals surface area contributed by atoms with Gasteiger partial charge in [0.1, 0.15) is 0 Å². The van der Waals surface area contributed by atoms with Crippen LogP contribution in [0.2, 0.25) is 0 Å². The van der Waals surface area contributed by atoms with Crippen molar-refractivity contribution in [3.05, 3.63) is 82.0 Å². The van der Waals surface area contributed by atoms with E-state index in [2.05, 4.69) is 76.3 Å². The summed E-state index contributed by atoms with van der Waals surface area (Å²) in [5.41, 5.74) is 10.5. The van der Waals surface area contributed by atoms with E-state index in [1.165, 1.54) is 52.7 Å². The zero-order valence-corrected chi connectivity index (χ0v) is 22.7. The lowest BCUT2D eigenvalue weighted by Crippen LogP contribution is -2.19. The normalized spacial score (nSPS) is 21.7. The van der Waals surface area contributed by atoms with Crippen LogP contribution in [0.4, 0.5) is 0 Å². The first-order chi connectivity index (χ1) is 16.7. The van der Waals surface area contributed by atoms with E-state index in [-0.39, 0.29) is 5.92 Å². The molecular weight excluding hydrogens is 426 g/mol. The van der Waals surface area contributed by atoms with Crippen molar-refractivity contribution < 1.29 is 0 Å². The van der Waals surface area contributed by atoms with Crippen molar-refractivity contribution in [2.45, 2.75) is 78.7 Å². The lowest BCUT2D eigenvalue weighted by Gasteiger charge is -2.22. The zero-order chi connectivity index (χ0) is 25.7. The van der Waals surface area contributed by atoms with Crippen LogP contribution >= 0.6 is 0 Å². The number of hydrogen-bond acceptors (Lipinski definition) is 3. The summed E-state index contributed by atoms with van der Waals surface area (Å²) in [6.45, 7) is 20.7. The molecule has 0 saturated heterocycles. The molecule has 3 unspecified atom stereocenters. The van der Waals surface area contributed by atoms with E-state index in [0.29, 0.717) is 17.5 Å². The standard InChI is InChI=1S/C32H43N3/c1-20(2)28(15-21(3)13-14-35-31-17-24(31)6)32(25(7)34-8)30(27-11-12-27)16-23(5)29-18-26(19-33)10-9-22(29)4/h9-10,16,18,23-24,27,31,35H,1,3,11-15,17H2,2,4-8H3/b30-16-,32-28+,34-25-. The number of allylic oxidation sites excluding steroid dienone is 5. The van der Waals surface area contributed by atoms with Crippen LogP contribution in [-0.2, 0) is 0 Å². The van der Waals surface area contributed by atoms with Crippen LogP contribution < -0.4 is 5.32 Å². The summed E-state index contributed by atoms with van der Waals surface area (Å²) in [5, 5.41) is 13.1. The molecule has 0 aromatic heterocycles. The fourth-order valence-electron chi connectivity index (χ4n) is 4.92. The van der Waals surface area contributed by atoms with Crippen LogP contribution in [0.1, 0.15) is 82.4 Å². The maximum Gasteiger partial charge on any atom is 0.0991 e. The van der Waals surface area contributed by atoms with E-state index >= 15 is 0 Å². The number of aryl methyl sites for hydroxylation is 1. The Balaban J connectivity index is 1.95. The zero-order valence-electron chi connectivity index (χ0n) is 22.7. The largest absolute Gasteiger partial charge is 0.313 e. The Labute approximate surface area is 213 Å². The first-order valence-electron chi connectivity index (χ1n) is 13.1. The van der Waals surface area contributed by atoms with E-state index < -0.39 is 0 Å². The maximum absolute atomic E-state index is 9.42. The summed E-state index contributed by atoms with van der Waals surface area (Å²) in [7, 11) is 1.88. The molecule has 0 heterocycles. The predicted octanol–water partition coefficient (Wildman–Crippen LogP) is 7.60. The van der Waals surface area contributed by atoms with Crippen molar-refractivity contribution in [1.82, 2.24) is 5.32 Å². The molecule has 2 fully saturated rings. The van der Waals surface area contributed by atoms with Crippen LogP contribution in [0.15, 0.2) is 70.3 Å². The van der Waals surface area contributed by atoms with Gasteiger partial charge in [-0.05, 0) is 112 Å². The maximum atomic E-state index is 9.42. The van der Waals surface area contributed by atoms with Gasteiger partial charge in [-0.2, -0.15) is 5.26 Å². The third kappa shape index (κ3) is 7.15. The number of nitriles is 1. The Bertz CT molecular complexity index is 1100. The molecule has 2 saturated carbocycles. The van der Waals surface area contributed by atoms with Gasteiger partial charge < -0.3 is 5.32 Å². The fraction of sp³-hybridized carbons (Fsp3) is 0.500. The number of benzene rings is 1. The highest BCUT2D eigenvalue weighted by molar-refractivity contribution is 6.03. The molecule has 1 aromatic carbocycles. The SMILES string of the molecule is C=C(CCNC1CC1C)C/C(C(=C)C)=C(C(=C/C(C)c1cc(C#N)ccc1C)\C1CC1)/C(C)=N\C. The van der Waals surface area contributed by atoms with Gasteiger partial charge in [0.2, 0.25) is 0 Å². The van der Waals surface area contributed by atoms with E-state index in [1.54, 1.807) is 0 Å². The van der Waals surface area contributed by atoms with Gasteiger partial charge in [-0.25, -0.2) is 0 Å². The average Bonchev–Trinajstić information content (AvgIpc) is 3.75. The quantitative estimate of drug-likeness (QED) is 0.195. The fourth-order valence-corrected chi connectivity index (χ4v) is 4.92. The van der Waals surface area contributed by atoms with Gasteiger partial charge >= 0.3 is 0 Å². The smallest absolute Gasteiger partial charge is 0.0991 e. The monoisotopic (exact) mass is 469 g/mol. The number of aliphatic imine (C=N–C) groups is 1. The molecule has 1 aromatic rings. The third-order valence-corrected chi connectivity index (χ3v) is 7.57. The van der Waals surface area contributed by atoms with Crippen LogP contribution in [-0.4, -0.2) is 25.3 Å². The Kier molecular flexibility index (Phi) is 9.09. The van der Waals surface area contributed by atoms with Crippen molar-refractivity contribution in [2.75, 3.05) is 13.6 Å². The summed E-state index contributed by atoms with van der Waals surface area (Å²) in [4.78, 5) is 4.65. The van der Waals surface area contributed by atoms with E-state index in [0.717, 1.165) is 36.6 Å². The number of hydrogen-bond donors (Lipinski definition) is 1. The topological polar surface area (TPSA) is 48.2 Å². The van der Waals surface area contributed by atoms with Crippen LogP contribution in [0.5, 0.6) is 0 Å². The van der Waals surface area contributed by atoms with E-state index in [1.807, 2.05) is 19.2 Å². The van der Waals surface area contributed by atoms with Gasteiger partial charge in [0, 0.05) is 24.4 Å². The molecule has 3 heteroatoms. The lowest BCUT2D eigenvalue weighted by molar-refractivity contribution is 0.645. The Morgan fingerprint density at radius 3 is 2.51 bits per heavy atom. The van der Waals surface area contributed by atoms with Gasteiger partial charge in [-0.15, -0.1) is 0 Å². The minimum Gasteiger partial charge on any atom is -0.313 e. The summed E-state index contributed by atoms with van der Waals surface area (Å²) in [6.07, 6.45) is 7.96. The van der Waals surface area contributed by atoms with Gasteiger partial charge in [0.15, 0.2) is 0 Å². The molecule has 0 radical (unpaired) electrons. The van der Waals surface area contributed by atoms with Gasteiger partial charge in [-0.1, -0.05) is 50.3 Å². The first kappa shape index (κ1) is 26.9. The second-order valence-corrected chi connectivity index (χ2v) is 10.8. The first-order valence-corrected chi connectivity index (χ1v) is 13.1. The highest BCUT2D eigenvalue weighted by Gasteiger charge is 2.32. The minimum absolute atomic E-state index is 0.206. The summed E-state index contributed by atoms with van der Waals surface area (Å²) in [5.74, 6) is 1.58. The lowest BCUT2D eigenvalue weighted by atomic mass is 9.83. The molecule has 2 aliphatic carbocycles. The Morgan fingerprint density at radius 1 is 1.29 bits per heavy atom. The molecular formula is C32H43N3. The van der Waals surface area contributed by atoms with Crippen molar-refractivity contribution in [1.29, 1.82) is 5.26 Å². The molecule has 3 atom stereocenters. The van der Waals surface area contributed by atoms with Crippen LogP contribution in [0, 0.1) is 30.1 Å². The molecule has 1 N–H and O–H groups in total. The van der Waals surface area contributed by atoms with Crippen molar-refractivity contribution in [3.8, 4) is 6.07 Å². The molecule has 0 bridgehead atoms. The number of nitrogens with one attached hydrogen (secondary N) is 1. The molecule has 2 aliphatic rings. The number of nitrogens with zero attached hydrogens (tertiary/aromatic N) is 2. The van der Waals surface area contributed by atoms with E-state index in [9.17, 15) is 5.26 Å². The minimum atomic E-state index is 0.206. The van der Waals surface area contributed by atoms with Crippen LogP contribution in [0.25, 0.3) is 0 Å². The second-order valence-electron chi connectivity index (χ2n) is 10.8. The summed E-state index contributed by atoms with van der Waals surface area (Å²) >= 11 is 0. The molecule has 0 spiro atoms. The van der Waals surface area contributed by atoms with Gasteiger partial charge in [0.05, 0.1) is 11.6 Å². The Morgan fingerprint density at radius 2 is 1.97 bits per heavy atom. The van der Waals surface area contributed by atoms with Crippen molar-refractivity contribution in [3.63, 3.8) is 0 Å². The van der Waals surface area contributed by atoms with Crippen LogP contribution in [0.3, 0.4) is 0 Å². The molecule has 0 aliphatic heterocycles. The third-order valence-electron chi connectivity index (χ3n) is 7.57. The molecule has 186 valence electrons.